The van der Waals surface area contributed by atoms with Gasteiger partial charge in [0.1, 0.15) is 6.10 Å². The third-order valence-corrected chi connectivity index (χ3v) is 9.89. The van der Waals surface area contributed by atoms with Crippen LogP contribution < -0.4 is 5.32 Å². The van der Waals surface area contributed by atoms with Crippen LogP contribution in [0.2, 0.25) is 0 Å². The normalized spacial score (nSPS) is 45.9. The Hall–Kier alpha value is -1.27. The Morgan fingerprint density at radius 2 is 2.03 bits per heavy atom. The van der Waals surface area contributed by atoms with Crippen molar-refractivity contribution in [3.8, 4) is 0 Å². The van der Waals surface area contributed by atoms with Crippen LogP contribution in [0.15, 0.2) is 29.0 Å². The van der Waals surface area contributed by atoms with Crippen molar-refractivity contribution in [2.75, 3.05) is 19.7 Å². The molecule has 0 aromatic heterocycles. The zero-order chi connectivity index (χ0) is 21.8. The molecule has 5 rings (SSSR count). The Labute approximate surface area is 184 Å². The van der Waals surface area contributed by atoms with Gasteiger partial charge in [-0.25, -0.2) is 0 Å². The molecule has 31 heavy (non-hydrogen) atoms. The van der Waals surface area contributed by atoms with E-state index in [1.54, 1.807) is 0 Å². The number of aliphatic hydroxyl groups is 1. The lowest BCUT2D eigenvalue weighted by Crippen LogP contribution is -2.56. The number of nitrogens with one attached hydrogen (secondary N) is 1. The van der Waals surface area contributed by atoms with Gasteiger partial charge < -0.3 is 15.3 Å². The van der Waals surface area contributed by atoms with E-state index < -0.39 is 6.08 Å². The minimum absolute atomic E-state index is 0.0158. The van der Waals surface area contributed by atoms with Gasteiger partial charge in [-0.3, -0.25) is 0 Å². The summed E-state index contributed by atoms with van der Waals surface area (Å²) in [6, 6.07) is 0. The average Bonchev–Trinajstić information content (AvgIpc) is 3.39. The van der Waals surface area contributed by atoms with E-state index in [9.17, 15) is 13.9 Å². The average molecular weight is 435 g/mol. The van der Waals surface area contributed by atoms with Crippen LogP contribution in [0.25, 0.3) is 0 Å². The molecule has 5 fully saturated rings. The largest absolute Gasteiger partial charge is 0.396 e. The van der Waals surface area contributed by atoms with E-state index in [4.69, 9.17) is 4.84 Å². The molecule has 0 spiro atoms. The monoisotopic (exact) mass is 434 g/mol. The zero-order valence-electron chi connectivity index (χ0n) is 18.6. The third-order valence-electron chi connectivity index (χ3n) is 9.89. The molecule has 1 aliphatic heterocycles. The zero-order valence-corrected chi connectivity index (χ0v) is 18.6. The Bertz CT molecular complexity index is 801. The Morgan fingerprint density at radius 3 is 2.74 bits per heavy atom. The maximum absolute atomic E-state index is 14.3. The minimum atomic E-state index is -1.49. The summed E-state index contributed by atoms with van der Waals surface area (Å²) in [5.41, 5.74) is 2.28. The van der Waals surface area contributed by atoms with Gasteiger partial charge >= 0.3 is 0 Å². The fourth-order valence-corrected chi connectivity index (χ4v) is 7.99. The van der Waals surface area contributed by atoms with Crippen molar-refractivity contribution in [1.82, 2.24) is 5.32 Å². The topological polar surface area (TPSA) is 53.8 Å². The van der Waals surface area contributed by atoms with Crippen LogP contribution in [0, 0.1) is 34.5 Å². The molecule has 7 atom stereocenters. The van der Waals surface area contributed by atoms with Gasteiger partial charge in [-0.2, -0.15) is 8.78 Å². The van der Waals surface area contributed by atoms with Gasteiger partial charge in [-0.1, -0.05) is 24.2 Å². The molecule has 5 aliphatic rings. The highest BCUT2D eigenvalue weighted by Crippen LogP contribution is 2.68. The number of rotatable bonds is 3. The fraction of sp³-hybridized carbons (Fsp3) is 0.800. The van der Waals surface area contributed by atoms with Crippen molar-refractivity contribution in [2.24, 2.45) is 39.7 Å². The number of hydrogen-bond acceptors (Lipinski definition) is 4. The maximum atomic E-state index is 14.3. The first-order valence-electron chi connectivity index (χ1n) is 12.1. The highest BCUT2D eigenvalue weighted by Gasteiger charge is 2.62. The predicted molar refractivity (Wildman–Crippen MR) is 117 cm³/mol. The first kappa shape index (κ1) is 21.6. The molecule has 6 heteroatoms. The van der Waals surface area contributed by atoms with Crippen molar-refractivity contribution >= 4 is 5.71 Å². The second kappa shape index (κ2) is 7.95. The second-order valence-electron chi connectivity index (χ2n) is 11.0. The van der Waals surface area contributed by atoms with Crippen molar-refractivity contribution in [1.29, 1.82) is 0 Å². The molecule has 4 nitrogen and oxygen atoms in total. The summed E-state index contributed by atoms with van der Waals surface area (Å²) in [5.74, 6) is 0.249. The molecule has 1 heterocycles. The molecule has 0 amide bonds. The van der Waals surface area contributed by atoms with Crippen LogP contribution in [0.1, 0.15) is 64.7 Å². The van der Waals surface area contributed by atoms with Crippen LogP contribution in [0.5, 0.6) is 0 Å². The molecule has 2 N–H and O–H groups in total. The van der Waals surface area contributed by atoms with E-state index in [-0.39, 0.29) is 47.2 Å². The molecular weight excluding hydrogens is 398 g/mol. The predicted octanol–water partition coefficient (Wildman–Crippen LogP) is 5.05. The van der Waals surface area contributed by atoms with Crippen molar-refractivity contribution in [3.05, 3.63) is 23.8 Å². The van der Waals surface area contributed by atoms with Crippen LogP contribution in [-0.2, 0) is 4.84 Å². The van der Waals surface area contributed by atoms with E-state index in [1.807, 2.05) is 0 Å². The Balaban J connectivity index is 1.44. The van der Waals surface area contributed by atoms with Crippen LogP contribution in [-0.4, -0.2) is 36.6 Å². The van der Waals surface area contributed by atoms with Gasteiger partial charge in [0.05, 0.1) is 5.71 Å². The van der Waals surface area contributed by atoms with E-state index in [0.717, 1.165) is 63.7 Å². The fourth-order valence-electron chi connectivity index (χ4n) is 7.99. The van der Waals surface area contributed by atoms with Crippen LogP contribution in [0.4, 0.5) is 8.78 Å². The number of oxime groups is 1. The van der Waals surface area contributed by atoms with Crippen molar-refractivity contribution < 1.29 is 18.7 Å². The van der Waals surface area contributed by atoms with Crippen molar-refractivity contribution in [2.45, 2.75) is 70.8 Å². The van der Waals surface area contributed by atoms with E-state index in [2.05, 4.69) is 24.0 Å². The smallest absolute Gasteiger partial charge is 0.269 e. The number of nitrogens with zero attached hydrogens (tertiary/aromatic N) is 1. The Kier molecular flexibility index (Phi) is 5.53. The van der Waals surface area contributed by atoms with E-state index in [1.165, 1.54) is 5.57 Å². The maximum Gasteiger partial charge on any atom is 0.269 e. The summed E-state index contributed by atoms with van der Waals surface area (Å²) in [5, 5.41) is 18.4. The molecule has 4 aliphatic carbocycles. The SMILES string of the molecule is C=C1CCC2C3C(=C(F)F)CC4CC(=NOC5CCNC5)CC[C@]4(CO)C3CC[C@]12C. The first-order chi connectivity index (χ1) is 14.9. The quantitative estimate of drug-likeness (QED) is 0.483. The summed E-state index contributed by atoms with van der Waals surface area (Å²) in [6.45, 7) is 8.41. The van der Waals surface area contributed by atoms with E-state index in [0.29, 0.717) is 18.4 Å². The summed E-state index contributed by atoms with van der Waals surface area (Å²) in [6.07, 6.45) is 6.06. The number of allylic oxidation sites excluding steroid dienone is 2. The molecule has 0 radical (unpaired) electrons. The van der Waals surface area contributed by atoms with Crippen molar-refractivity contribution in [3.63, 3.8) is 0 Å². The molecule has 0 bridgehead atoms. The molecule has 5 unspecified atom stereocenters. The standard InChI is InChI=1S/C25H36F2N2O2/c1-15-3-4-20-22-19(23(26)27)12-16-11-17(29-31-18-7-10-28-13-18)5-9-25(16,14-30)21(22)6-8-24(15,20)2/h16,18,20-22,28,30H,1,3-14H2,2H3/t16?,18?,20?,21?,22?,24-,25-/m1/s1. The number of aliphatic hydroxyl groups excluding tert-OH is 1. The highest BCUT2D eigenvalue weighted by atomic mass is 19.3. The molecule has 1 saturated heterocycles. The second-order valence-corrected chi connectivity index (χ2v) is 11.0. The summed E-state index contributed by atoms with van der Waals surface area (Å²) in [7, 11) is 0. The summed E-state index contributed by atoms with van der Waals surface area (Å²) in [4.78, 5) is 5.74. The van der Waals surface area contributed by atoms with Gasteiger partial charge in [0.15, 0.2) is 0 Å². The van der Waals surface area contributed by atoms with Crippen LogP contribution >= 0.6 is 0 Å². The van der Waals surface area contributed by atoms with Crippen LogP contribution in [0.3, 0.4) is 0 Å². The molecule has 4 saturated carbocycles. The first-order valence-corrected chi connectivity index (χ1v) is 12.1. The lowest BCUT2D eigenvalue weighted by Gasteiger charge is -2.61. The number of halogens is 2. The molecule has 0 aromatic rings. The van der Waals surface area contributed by atoms with E-state index >= 15 is 0 Å². The third kappa shape index (κ3) is 3.31. The number of hydrogen-bond donors (Lipinski definition) is 2. The lowest BCUT2D eigenvalue weighted by molar-refractivity contribution is -0.0986. The summed E-state index contributed by atoms with van der Waals surface area (Å²) >= 11 is 0. The van der Waals surface area contributed by atoms with Gasteiger partial charge in [-0.05, 0) is 92.6 Å². The number of fused-ring (bicyclic) bond motifs is 5. The van der Waals surface area contributed by atoms with Gasteiger partial charge in [0.25, 0.3) is 6.08 Å². The van der Waals surface area contributed by atoms with Gasteiger partial charge in [-0.15, -0.1) is 0 Å². The molecule has 172 valence electrons. The Morgan fingerprint density at radius 1 is 1.19 bits per heavy atom. The summed E-state index contributed by atoms with van der Waals surface area (Å²) < 4.78 is 28.7. The minimum Gasteiger partial charge on any atom is -0.396 e. The van der Waals surface area contributed by atoms with Gasteiger partial charge in [0.2, 0.25) is 0 Å². The molecular formula is C25H36F2N2O2. The lowest BCUT2D eigenvalue weighted by atomic mass is 9.43. The highest BCUT2D eigenvalue weighted by molar-refractivity contribution is 5.85. The molecule has 0 aromatic carbocycles. The van der Waals surface area contributed by atoms with Gasteiger partial charge in [0, 0.05) is 25.0 Å².